The van der Waals surface area contributed by atoms with Crippen LogP contribution in [0.15, 0.2) is 0 Å². The van der Waals surface area contributed by atoms with Crippen LogP contribution in [0.1, 0.15) is 13.3 Å². The van der Waals surface area contributed by atoms with Crippen LogP contribution in [-0.4, -0.2) is 48.2 Å². The van der Waals surface area contributed by atoms with Crippen molar-refractivity contribution in [1.29, 1.82) is 0 Å². The summed E-state index contributed by atoms with van der Waals surface area (Å²) in [6, 6.07) is 0. The lowest BCUT2D eigenvalue weighted by atomic mass is 10.0. The Morgan fingerprint density at radius 2 is 2.19 bits per heavy atom. The normalized spacial score (nSPS) is 27.3. The molecule has 0 unspecified atom stereocenters. The third-order valence-corrected chi connectivity index (χ3v) is 4.47. The summed E-state index contributed by atoms with van der Waals surface area (Å²) in [6.45, 7) is 1.47. The van der Waals surface area contributed by atoms with E-state index in [2.05, 4.69) is 10.6 Å². The molecule has 0 spiro atoms. The van der Waals surface area contributed by atoms with Crippen LogP contribution in [0.4, 0.5) is 0 Å². The van der Waals surface area contributed by atoms with E-state index < -0.39 is 21.3 Å². The van der Waals surface area contributed by atoms with Gasteiger partial charge in [-0.15, -0.1) is 0 Å². The van der Waals surface area contributed by atoms with E-state index in [1.807, 2.05) is 0 Å². The molecule has 0 aromatic heterocycles. The summed E-state index contributed by atoms with van der Waals surface area (Å²) in [7, 11) is -3.00. The van der Waals surface area contributed by atoms with Crippen LogP contribution in [-0.2, 0) is 14.6 Å². The first-order valence-electron chi connectivity index (χ1n) is 4.71. The summed E-state index contributed by atoms with van der Waals surface area (Å²) in [6.07, 6.45) is 0.476. The van der Waals surface area contributed by atoms with Crippen LogP contribution in [0.25, 0.3) is 0 Å². The molecule has 3 N–H and O–H groups in total. The molecule has 1 saturated heterocycles. The summed E-state index contributed by atoms with van der Waals surface area (Å²) in [4.78, 5) is 10.3. The number of hydrogen-bond acceptors (Lipinski definition) is 4. The zero-order chi connectivity index (χ0) is 12.4. The number of nitrogens with one attached hydrogen (secondary N) is 2. The Morgan fingerprint density at radius 1 is 1.56 bits per heavy atom. The third kappa shape index (κ3) is 3.93. The lowest BCUT2D eigenvalue weighted by molar-refractivity contribution is -0.135. The minimum atomic E-state index is -3.00. The van der Waals surface area contributed by atoms with Gasteiger partial charge in [-0.25, -0.2) is 8.42 Å². The zero-order valence-corrected chi connectivity index (χ0v) is 10.4. The highest BCUT2D eigenvalue weighted by Gasteiger charge is 2.38. The summed E-state index contributed by atoms with van der Waals surface area (Å²) in [5.74, 6) is -0.860. The molecule has 0 radical (unpaired) electrons. The maximum atomic E-state index is 11.3. The predicted molar refractivity (Wildman–Crippen MR) is 63.0 cm³/mol. The Kier molecular flexibility index (Phi) is 3.74. The van der Waals surface area contributed by atoms with Crippen molar-refractivity contribution in [2.75, 3.05) is 18.1 Å². The molecule has 6 nitrogen and oxygen atoms in total. The van der Waals surface area contributed by atoms with Gasteiger partial charge in [-0.05, 0) is 25.6 Å². The van der Waals surface area contributed by atoms with Crippen molar-refractivity contribution in [3.63, 3.8) is 0 Å². The van der Waals surface area contributed by atoms with E-state index in [9.17, 15) is 13.2 Å². The van der Waals surface area contributed by atoms with Crippen molar-refractivity contribution < 1.29 is 18.3 Å². The first-order chi connectivity index (χ1) is 7.22. The van der Waals surface area contributed by atoms with Gasteiger partial charge in [0.1, 0.15) is 6.54 Å². The fraction of sp³-hybridized carbons (Fsp3) is 0.750. The summed E-state index contributed by atoms with van der Waals surface area (Å²) in [5, 5.41) is 13.9. The average Bonchev–Trinajstić information content (AvgIpc) is 2.37. The highest BCUT2D eigenvalue weighted by Crippen LogP contribution is 2.22. The van der Waals surface area contributed by atoms with Crippen LogP contribution in [0, 0.1) is 0 Å². The fourth-order valence-electron chi connectivity index (χ4n) is 1.58. The second kappa shape index (κ2) is 4.54. The first-order valence-corrected chi connectivity index (χ1v) is 6.94. The second-order valence-corrected chi connectivity index (χ2v) is 6.70. The Balaban J connectivity index is 2.48. The maximum absolute atomic E-state index is 11.3. The van der Waals surface area contributed by atoms with Crippen LogP contribution in [0.2, 0.25) is 0 Å². The lowest BCUT2D eigenvalue weighted by Gasteiger charge is -2.25. The maximum Gasteiger partial charge on any atom is 0.322 e. The molecule has 16 heavy (non-hydrogen) atoms. The second-order valence-electron chi connectivity index (χ2n) is 4.10. The van der Waals surface area contributed by atoms with Crippen LogP contribution in [0.5, 0.6) is 0 Å². The molecular formula is C8H14N2O4S2. The van der Waals surface area contributed by atoms with Crippen molar-refractivity contribution in [2.24, 2.45) is 0 Å². The fourth-order valence-corrected chi connectivity index (χ4v) is 3.99. The van der Waals surface area contributed by atoms with Gasteiger partial charge in [-0.3, -0.25) is 4.79 Å². The number of hydrogen-bond donors (Lipinski definition) is 3. The molecule has 1 aliphatic heterocycles. The molecular weight excluding hydrogens is 252 g/mol. The number of aliphatic carboxylic acids is 1. The summed E-state index contributed by atoms with van der Waals surface area (Å²) >= 11 is 4.88. The van der Waals surface area contributed by atoms with Crippen LogP contribution in [0.3, 0.4) is 0 Å². The summed E-state index contributed by atoms with van der Waals surface area (Å²) in [5.41, 5.74) is -0.596. The molecule has 8 heteroatoms. The molecule has 92 valence electrons. The van der Waals surface area contributed by atoms with Crippen molar-refractivity contribution in [3.05, 3.63) is 0 Å². The largest absolute Gasteiger partial charge is 0.480 e. The lowest BCUT2D eigenvalue weighted by Crippen LogP contribution is -2.51. The monoisotopic (exact) mass is 266 g/mol. The highest BCUT2D eigenvalue weighted by atomic mass is 32.2. The smallest absolute Gasteiger partial charge is 0.322 e. The van der Waals surface area contributed by atoms with Gasteiger partial charge >= 0.3 is 5.97 Å². The van der Waals surface area contributed by atoms with Gasteiger partial charge < -0.3 is 15.7 Å². The third-order valence-electron chi connectivity index (χ3n) is 2.32. The van der Waals surface area contributed by atoms with E-state index in [4.69, 9.17) is 17.3 Å². The molecule has 1 rings (SSSR count). The SMILES string of the molecule is C[C@@]1(NC(=S)NCC(=O)O)CCS(=O)(=O)C1. The quantitative estimate of drug-likeness (QED) is 0.570. The van der Waals surface area contributed by atoms with Gasteiger partial charge in [0.25, 0.3) is 0 Å². The Hall–Kier alpha value is -0.890. The average molecular weight is 266 g/mol. The number of sulfone groups is 1. The van der Waals surface area contributed by atoms with Crippen molar-refractivity contribution in [1.82, 2.24) is 10.6 Å². The number of carboxylic acid groups (broad SMARTS) is 1. The minimum absolute atomic E-state index is 0.0227. The Morgan fingerprint density at radius 3 is 2.62 bits per heavy atom. The van der Waals surface area contributed by atoms with E-state index >= 15 is 0 Å². The molecule has 0 saturated carbocycles. The Bertz CT molecular complexity index is 406. The van der Waals surface area contributed by atoms with Crippen LogP contribution < -0.4 is 10.6 Å². The molecule has 0 aliphatic carbocycles. The highest BCUT2D eigenvalue weighted by molar-refractivity contribution is 7.91. The standard InChI is InChI=1S/C8H14N2O4S2/c1-8(2-3-16(13,14)5-8)10-7(15)9-4-6(11)12/h2-5H2,1H3,(H,11,12)(H2,9,10,15)/t8-/m1/s1. The van der Waals surface area contributed by atoms with Crippen molar-refractivity contribution >= 4 is 33.1 Å². The van der Waals surface area contributed by atoms with Gasteiger partial charge in [0.15, 0.2) is 14.9 Å². The van der Waals surface area contributed by atoms with Crippen molar-refractivity contribution in [3.8, 4) is 0 Å². The number of thiocarbonyl (C=S) groups is 1. The molecule has 1 heterocycles. The van der Waals surface area contributed by atoms with Crippen molar-refractivity contribution in [2.45, 2.75) is 18.9 Å². The van der Waals surface area contributed by atoms with Gasteiger partial charge in [0.2, 0.25) is 0 Å². The number of carboxylic acids is 1. The molecule has 1 fully saturated rings. The zero-order valence-electron chi connectivity index (χ0n) is 8.82. The van der Waals surface area contributed by atoms with Gasteiger partial charge in [0, 0.05) is 0 Å². The van der Waals surface area contributed by atoms with E-state index in [0.717, 1.165) is 0 Å². The topological polar surface area (TPSA) is 95.5 Å². The number of carbonyl (C=O) groups is 1. The van der Waals surface area contributed by atoms with Gasteiger partial charge in [0.05, 0.1) is 17.0 Å². The van der Waals surface area contributed by atoms with Gasteiger partial charge in [-0.2, -0.15) is 0 Å². The first kappa shape index (κ1) is 13.2. The van der Waals surface area contributed by atoms with Gasteiger partial charge in [-0.1, -0.05) is 0 Å². The molecule has 0 bridgehead atoms. The molecule has 0 aromatic rings. The predicted octanol–water partition coefficient (Wildman–Crippen LogP) is -0.888. The molecule has 1 aliphatic rings. The number of rotatable bonds is 3. The minimum Gasteiger partial charge on any atom is -0.480 e. The van der Waals surface area contributed by atoms with E-state index in [0.29, 0.717) is 6.42 Å². The van der Waals surface area contributed by atoms with E-state index in [-0.39, 0.29) is 23.2 Å². The van der Waals surface area contributed by atoms with E-state index in [1.54, 1.807) is 6.92 Å². The summed E-state index contributed by atoms with van der Waals surface area (Å²) < 4.78 is 22.6. The Labute approximate surface area is 99.3 Å². The van der Waals surface area contributed by atoms with Crippen LogP contribution >= 0.6 is 12.2 Å². The molecule has 0 aromatic carbocycles. The van der Waals surface area contributed by atoms with E-state index in [1.165, 1.54) is 0 Å². The molecule has 0 amide bonds. The molecule has 1 atom stereocenters.